The number of aromatic nitrogens is 1. The van der Waals surface area contributed by atoms with E-state index >= 15 is 0 Å². The summed E-state index contributed by atoms with van der Waals surface area (Å²) in [6.07, 6.45) is 3.20. The highest BCUT2D eigenvalue weighted by atomic mass is 16.5. The van der Waals surface area contributed by atoms with Crippen molar-refractivity contribution >= 4 is 12.6 Å². The van der Waals surface area contributed by atoms with Crippen LogP contribution in [0.4, 0.5) is 0 Å². The van der Waals surface area contributed by atoms with Gasteiger partial charge in [0, 0.05) is 19.0 Å². The van der Waals surface area contributed by atoms with Crippen LogP contribution in [-0.2, 0) is 4.65 Å². The van der Waals surface area contributed by atoms with Crippen LogP contribution >= 0.6 is 0 Å². The van der Waals surface area contributed by atoms with E-state index in [1.165, 1.54) is 0 Å². The Morgan fingerprint density at radius 2 is 1.93 bits per heavy atom. The largest absolute Gasteiger partial charge is 0.853 e. The summed E-state index contributed by atoms with van der Waals surface area (Å²) in [4.78, 5) is 3.84. The van der Waals surface area contributed by atoms with Gasteiger partial charge in [-0.15, -0.1) is 0 Å². The highest BCUT2D eigenvalue weighted by Gasteiger charge is 2.12. The molecule has 1 heterocycles. The molecular weight excluding hydrogens is 177 g/mol. The summed E-state index contributed by atoms with van der Waals surface area (Å²) < 4.78 is 5.21. The van der Waals surface area contributed by atoms with E-state index in [0.29, 0.717) is 12.1 Å². The first kappa shape index (κ1) is 11.2. The Labute approximate surface area is 85.3 Å². The quantitative estimate of drug-likeness (QED) is 0.642. The predicted molar refractivity (Wildman–Crippen MR) is 55.0 cm³/mol. The molecule has 14 heavy (non-hydrogen) atoms. The van der Waals surface area contributed by atoms with E-state index in [1.807, 2.05) is 20.8 Å². The van der Waals surface area contributed by atoms with Gasteiger partial charge in [0.25, 0.3) is 0 Å². The van der Waals surface area contributed by atoms with Crippen molar-refractivity contribution in [1.82, 2.24) is 4.98 Å². The number of nitrogens with zero attached hydrogens (tertiary/aromatic N) is 1. The van der Waals surface area contributed by atoms with Crippen molar-refractivity contribution in [3.05, 3.63) is 24.5 Å². The SMILES string of the molecule is CC(C)(C)COB([O-])c1ccncc1. The molecule has 76 valence electrons. The lowest BCUT2D eigenvalue weighted by atomic mass is 9.80. The fraction of sp³-hybridized carbons (Fsp3) is 0.500. The fourth-order valence-corrected chi connectivity index (χ4v) is 0.942. The van der Waals surface area contributed by atoms with Crippen molar-refractivity contribution in [1.29, 1.82) is 0 Å². The molecule has 4 heteroatoms. The van der Waals surface area contributed by atoms with E-state index in [-0.39, 0.29) is 5.41 Å². The van der Waals surface area contributed by atoms with Gasteiger partial charge in [-0.1, -0.05) is 26.2 Å². The second-order valence-corrected chi connectivity index (χ2v) is 4.48. The molecule has 1 aromatic rings. The van der Waals surface area contributed by atoms with E-state index in [2.05, 4.69) is 4.98 Å². The van der Waals surface area contributed by atoms with Gasteiger partial charge in [-0.2, -0.15) is 0 Å². The smallest absolute Gasteiger partial charge is 0.217 e. The molecule has 0 unspecified atom stereocenters. The molecular formula is C10H15BNO2-. The third-order valence-electron chi connectivity index (χ3n) is 1.65. The standard InChI is InChI=1S/C10H15BNO2/c1-10(2,3)8-14-11(13)9-4-6-12-7-5-9/h4-7H,8H2,1-3H3/q-1. The van der Waals surface area contributed by atoms with E-state index in [0.717, 1.165) is 0 Å². The van der Waals surface area contributed by atoms with Crippen molar-refractivity contribution < 1.29 is 9.68 Å². The van der Waals surface area contributed by atoms with E-state index < -0.39 is 7.12 Å². The zero-order valence-electron chi connectivity index (χ0n) is 8.86. The van der Waals surface area contributed by atoms with Crippen molar-refractivity contribution in [3.63, 3.8) is 0 Å². The molecule has 0 spiro atoms. The maximum atomic E-state index is 11.5. The molecule has 0 aliphatic rings. The van der Waals surface area contributed by atoms with Crippen LogP contribution in [0.2, 0.25) is 0 Å². The van der Waals surface area contributed by atoms with Crippen LogP contribution in [0.15, 0.2) is 24.5 Å². The summed E-state index contributed by atoms with van der Waals surface area (Å²) in [5, 5.41) is 11.5. The minimum absolute atomic E-state index is 0.0235. The Balaban J connectivity index is 2.48. The van der Waals surface area contributed by atoms with Gasteiger partial charge in [0.15, 0.2) is 0 Å². The second-order valence-electron chi connectivity index (χ2n) is 4.48. The van der Waals surface area contributed by atoms with Crippen LogP contribution in [0.5, 0.6) is 0 Å². The lowest BCUT2D eigenvalue weighted by Crippen LogP contribution is -2.47. The summed E-state index contributed by atoms with van der Waals surface area (Å²) in [7, 11) is -1.10. The lowest BCUT2D eigenvalue weighted by Gasteiger charge is -2.26. The van der Waals surface area contributed by atoms with Gasteiger partial charge >= 0.3 is 0 Å². The van der Waals surface area contributed by atoms with E-state index in [1.54, 1.807) is 24.5 Å². The van der Waals surface area contributed by atoms with Crippen LogP contribution in [0.1, 0.15) is 20.8 Å². The maximum absolute atomic E-state index is 11.5. The zero-order valence-corrected chi connectivity index (χ0v) is 8.86. The van der Waals surface area contributed by atoms with Crippen LogP contribution < -0.4 is 10.5 Å². The maximum Gasteiger partial charge on any atom is 0.217 e. The fourth-order valence-electron chi connectivity index (χ4n) is 0.942. The van der Waals surface area contributed by atoms with Crippen molar-refractivity contribution in [3.8, 4) is 0 Å². The first-order chi connectivity index (χ1) is 6.49. The number of rotatable bonds is 3. The molecule has 3 nitrogen and oxygen atoms in total. The molecule has 0 bridgehead atoms. The average molecular weight is 192 g/mol. The van der Waals surface area contributed by atoms with Crippen molar-refractivity contribution in [2.75, 3.05) is 6.61 Å². The monoisotopic (exact) mass is 192 g/mol. The lowest BCUT2D eigenvalue weighted by molar-refractivity contribution is -0.218. The Kier molecular flexibility index (Phi) is 3.66. The molecule has 0 N–H and O–H groups in total. The summed E-state index contributed by atoms with van der Waals surface area (Å²) >= 11 is 0. The Bertz CT molecular complexity index is 271. The van der Waals surface area contributed by atoms with Crippen LogP contribution in [-0.4, -0.2) is 18.7 Å². The number of hydrogen-bond donors (Lipinski definition) is 0. The Hall–Kier alpha value is -0.865. The third kappa shape index (κ3) is 3.90. The molecule has 0 saturated carbocycles. The second kappa shape index (κ2) is 4.57. The van der Waals surface area contributed by atoms with Gasteiger partial charge in [0.05, 0.1) is 0 Å². The minimum Gasteiger partial charge on any atom is -0.853 e. The van der Waals surface area contributed by atoms with Gasteiger partial charge in [-0.05, 0) is 17.5 Å². The van der Waals surface area contributed by atoms with E-state index in [9.17, 15) is 5.02 Å². The third-order valence-corrected chi connectivity index (χ3v) is 1.65. The normalized spacial score (nSPS) is 11.4. The Morgan fingerprint density at radius 3 is 2.43 bits per heavy atom. The summed E-state index contributed by atoms with van der Waals surface area (Å²) in [5.41, 5.74) is 0.652. The van der Waals surface area contributed by atoms with Crippen LogP contribution in [0, 0.1) is 5.41 Å². The molecule has 0 saturated heterocycles. The van der Waals surface area contributed by atoms with Gasteiger partial charge in [0.2, 0.25) is 7.12 Å². The minimum atomic E-state index is -1.10. The Morgan fingerprint density at radius 1 is 1.36 bits per heavy atom. The molecule has 0 atom stereocenters. The predicted octanol–water partition coefficient (Wildman–Crippen LogP) is 0.200. The molecule has 0 aromatic carbocycles. The zero-order chi connectivity index (χ0) is 10.6. The molecule has 1 rings (SSSR count). The summed E-state index contributed by atoms with van der Waals surface area (Å²) in [5.74, 6) is 0. The summed E-state index contributed by atoms with van der Waals surface area (Å²) in [6, 6.07) is 3.36. The molecule has 0 fully saturated rings. The topological polar surface area (TPSA) is 45.2 Å². The average Bonchev–Trinajstić information content (AvgIpc) is 2.14. The molecule has 1 aromatic heterocycles. The van der Waals surface area contributed by atoms with Crippen molar-refractivity contribution in [2.24, 2.45) is 5.41 Å². The number of pyridine rings is 1. The van der Waals surface area contributed by atoms with Gasteiger partial charge < -0.3 is 9.68 Å². The van der Waals surface area contributed by atoms with Gasteiger partial charge in [-0.25, -0.2) is 0 Å². The van der Waals surface area contributed by atoms with Crippen LogP contribution in [0.25, 0.3) is 0 Å². The highest BCUT2D eigenvalue weighted by molar-refractivity contribution is 6.58. The first-order valence-corrected chi connectivity index (χ1v) is 4.66. The molecule has 0 aliphatic heterocycles. The van der Waals surface area contributed by atoms with Crippen LogP contribution in [0.3, 0.4) is 0 Å². The molecule has 0 radical (unpaired) electrons. The molecule has 0 amide bonds. The van der Waals surface area contributed by atoms with Gasteiger partial charge in [-0.3, -0.25) is 4.98 Å². The summed E-state index contributed by atoms with van der Waals surface area (Å²) in [6.45, 7) is 6.56. The highest BCUT2D eigenvalue weighted by Crippen LogP contribution is 2.12. The number of hydrogen-bond acceptors (Lipinski definition) is 3. The van der Waals surface area contributed by atoms with E-state index in [4.69, 9.17) is 4.65 Å². The first-order valence-electron chi connectivity index (χ1n) is 4.66. The molecule has 0 aliphatic carbocycles. The van der Waals surface area contributed by atoms with Gasteiger partial charge in [0.1, 0.15) is 0 Å². The van der Waals surface area contributed by atoms with Crippen molar-refractivity contribution in [2.45, 2.75) is 20.8 Å².